The molecule has 1 rings (SSSR count). The highest BCUT2D eigenvalue weighted by atomic mass is 32.2. The molecule has 0 aliphatic heterocycles. The average Bonchev–Trinajstić information content (AvgIpc) is 2.33. The van der Waals surface area contributed by atoms with Crippen LogP contribution < -0.4 is 5.32 Å². The van der Waals surface area contributed by atoms with E-state index in [2.05, 4.69) is 5.32 Å². The van der Waals surface area contributed by atoms with Crippen molar-refractivity contribution >= 4 is 23.6 Å². The Hall–Kier alpha value is -1.63. The molecule has 0 saturated heterocycles. The molecule has 7 heteroatoms. The lowest BCUT2D eigenvalue weighted by molar-refractivity contribution is -0.133. The van der Waals surface area contributed by atoms with Gasteiger partial charge in [-0.1, -0.05) is 6.07 Å². The zero-order chi connectivity index (χ0) is 15.1. The van der Waals surface area contributed by atoms with Gasteiger partial charge in [-0.15, -0.1) is 11.8 Å². The fourth-order valence-corrected chi connectivity index (χ4v) is 2.18. The summed E-state index contributed by atoms with van der Waals surface area (Å²) in [6.07, 6.45) is 0.0356. The molecule has 20 heavy (non-hydrogen) atoms. The molecule has 0 saturated carbocycles. The number of amides is 1. The lowest BCUT2D eigenvalue weighted by Gasteiger charge is -2.14. The minimum absolute atomic E-state index is 0.00358. The van der Waals surface area contributed by atoms with E-state index in [0.717, 1.165) is 23.9 Å². The molecule has 0 fully saturated rings. The van der Waals surface area contributed by atoms with Crippen molar-refractivity contribution in [2.75, 3.05) is 11.5 Å². The van der Waals surface area contributed by atoms with Crippen molar-refractivity contribution in [1.29, 1.82) is 0 Å². The van der Waals surface area contributed by atoms with Crippen LogP contribution in [-0.2, 0) is 16.0 Å². The van der Waals surface area contributed by atoms with E-state index in [1.54, 1.807) is 6.92 Å². The van der Waals surface area contributed by atoms with E-state index in [9.17, 15) is 18.4 Å². The van der Waals surface area contributed by atoms with Crippen LogP contribution in [-0.4, -0.2) is 34.5 Å². The van der Waals surface area contributed by atoms with Gasteiger partial charge in [0.15, 0.2) is 0 Å². The predicted molar refractivity (Wildman–Crippen MR) is 72.6 cm³/mol. The molecule has 1 aromatic rings. The standard InChI is InChI=1S/C13H15F2NO3S/c1-8(16-12(17)6-20-7-13(18)19)5-9-10(14)3-2-4-11(9)15/h2-4,8H,5-7H2,1H3,(H,16,17)(H,18,19). The van der Waals surface area contributed by atoms with E-state index in [4.69, 9.17) is 5.11 Å². The van der Waals surface area contributed by atoms with Crippen molar-refractivity contribution in [3.63, 3.8) is 0 Å². The summed E-state index contributed by atoms with van der Waals surface area (Å²) >= 11 is 0.964. The topological polar surface area (TPSA) is 66.4 Å². The van der Waals surface area contributed by atoms with Crippen molar-refractivity contribution in [2.45, 2.75) is 19.4 Å². The number of carboxylic acids is 1. The maximum atomic E-state index is 13.4. The van der Waals surface area contributed by atoms with E-state index < -0.39 is 23.6 Å². The largest absolute Gasteiger partial charge is 0.481 e. The summed E-state index contributed by atoms with van der Waals surface area (Å²) in [5.41, 5.74) is -0.0708. The Kier molecular flexibility index (Phi) is 6.44. The maximum absolute atomic E-state index is 13.4. The van der Waals surface area contributed by atoms with Crippen molar-refractivity contribution in [3.05, 3.63) is 35.4 Å². The normalized spacial score (nSPS) is 11.9. The molecule has 1 unspecified atom stereocenters. The predicted octanol–water partition coefficient (Wildman–Crippen LogP) is 1.83. The summed E-state index contributed by atoms with van der Waals surface area (Å²) in [6, 6.07) is 3.16. The van der Waals surface area contributed by atoms with E-state index in [-0.39, 0.29) is 29.4 Å². The lowest BCUT2D eigenvalue weighted by atomic mass is 10.1. The van der Waals surface area contributed by atoms with E-state index in [0.29, 0.717) is 0 Å². The first kappa shape index (κ1) is 16.4. The summed E-state index contributed by atoms with van der Waals surface area (Å²) in [5.74, 6) is -2.82. The highest BCUT2D eigenvalue weighted by Gasteiger charge is 2.14. The Bertz CT molecular complexity index is 476. The number of halogens is 2. The van der Waals surface area contributed by atoms with Gasteiger partial charge in [0.1, 0.15) is 11.6 Å². The van der Waals surface area contributed by atoms with Gasteiger partial charge in [0.2, 0.25) is 5.91 Å². The Balaban J connectivity index is 2.45. The SMILES string of the molecule is CC(Cc1c(F)cccc1F)NC(=O)CSCC(=O)O. The minimum atomic E-state index is -0.996. The van der Waals surface area contributed by atoms with Crippen LogP contribution in [0.5, 0.6) is 0 Å². The number of aliphatic carboxylic acids is 1. The van der Waals surface area contributed by atoms with Gasteiger partial charge >= 0.3 is 5.97 Å². The maximum Gasteiger partial charge on any atom is 0.313 e. The third kappa shape index (κ3) is 5.56. The first-order valence-corrected chi connectivity index (χ1v) is 7.07. The average molecular weight is 303 g/mol. The Morgan fingerprint density at radius 3 is 2.45 bits per heavy atom. The van der Waals surface area contributed by atoms with Crippen LogP contribution in [0.15, 0.2) is 18.2 Å². The summed E-state index contributed by atoms with van der Waals surface area (Å²) in [5, 5.41) is 11.0. The molecule has 4 nitrogen and oxygen atoms in total. The van der Waals surface area contributed by atoms with Gasteiger partial charge in [-0.2, -0.15) is 0 Å². The number of carbonyl (C=O) groups is 2. The van der Waals surface area contributed by atoms with Crippen molar-refractivity contribution < 1.29 is 23.5 Å². The second-order valence-electron chi connectivity index (χ2n) is 4.26. The minimum Gasteiger partial charge on any atom is -0.481 e. The number of benzene rings is 1. The molecular weight excluding hydrogens is 288 g/mol. The Morgan fingerprint density at radius 1 is 1.30 bits per heavy atom. The van der Waals surface area contributed by atoms with Crippen molar-refractivity contribution in [1.82, 2.24) is 5.32 Å². The molecule has 0 bridgehead atoms. The number of rotatable bonds is 7. The first-order valence-electron chi connectivity index (χ1n) is 5.92. The fraction of sp³-hybridized carbons (Fsp3) is 0.385. The molecule has 0 heterocycles. The number of carboxylic acid groups (broad SMARTS) is 1. The van der Waals surface area contributed by atoms with Crippen LogP contribution in [0.4, 0.5) is 8.78 Å². The molecule has 0 aromatic heterocycles. The third-order valence-corrected chi connectivity index (χ3v) is 3.36. The van der Waals surface area contributed by atoms with Gasteiger partial charge in [-0.05, 0) is 25.5 Å². The zero-order valence-electron chi connectivity index (χ0n) is 10.9. The molecule has 110 valence electrons. The van der Waals surface area contributed by atoms with Gasteiger partial charge in [0.25, 0.3) is 0 Å². The van der Waals surface area contributed by atoms with Crippen LogP contribution >= 0.6 is 11.8 Å². The molecule has 1 amide bonds. The van der Waals surface area contributed by atoms with Crippen LogP contribution in [0.25, 0.3) is 0 Å². The second kappa shape index (κ2) is 7.84. The van der Waals surface area contributed by atoms with Gasteiger partial charge in [0.05, 0.1) is 11.5 Å². The monoisotopic (exact) mass is 303 g/mol. The first-order chi connectivity index (χ1) is 9.40. The molecule has 0 aliphatic carbocycles. The van der Waals surface area contributed by atoms with Crippen LogP contribution in [0, 0.1) is 11.6 Å². The molecule has 1 atom stereocenters. The van der Waals surface area contributed by atoms with Crippen LogP contribution in [0.2, 0.25) is 0 Å². The van der Waals surface area contributed by atoms with Crippen LogP contribution in [0.3, 0.4) is 0 Å². The second-order valence-corrected chi connectivity index (χ2v) is 5.25. The molecule has 1 aromatic carbocycles. The number of hydrogen-bond donors (Lipinski definition) is 2. The van der Waals surface area contributed by atoms with Crippen molar-refractivity contribution in [3.8, 4) is 0 Å². The number of nitrogens with one attached hydrogen (secondary N) is 1. The molecule has 0 aliphatic rings. The van der Waals surface area contributed by atoms with Gasteiger partial charge in [-0.25, -0.2) is 8.78 Å². The number of hydrogen-bond acceptors (Lipinski definition) is 3. The molecule has 2 N–H and O–H groups in total. The zero-order valence-corrected chi connectivity index (χ0v) is 11.7. The molecule has 0 spiro atoms. The fourth-order valence-electron chi connectivity index (χ4n) is 1.63. The molecular formula is C13H15F2NO3S. The Labute approximate surface area is 119 Å². The molecule has 0 radical (unpaired) electrons. The lowest BCUT2D eigenvalue weighted by Crippen LogP contribution is -2.35. The smallest absolute Gasteiger partial charge is 0.313 e. The third-order valence-electron chi connectivity index (χ3n) is 2.44. The quantitative estimate of drug-likeness (QED) is 0.806. The number of carbonyl (C=O) groups excluding carboxylic acids is 1. The van der Waals surface area contributed by atoms with Crippen molar-refractivity contribution in [2.24, 2.45) is 0 Å². The van der Waals surface area contributed by atoms with Crippen LogP contribution in [0.1, 0.15) is 12.5 Å². The highest BCUT2D eigenvalue weighted by Crippen LogP contribution is 2.14. The van der Waals surface area contributed by atoms with Gasteiger partial charge in [-0.3, -0.25) is 9.59 Å². The van der Waals surface area contributed by atoms with Gasteiger partial charge < -0.3 is 10.4 Å². The summed E-state index contributed by atoms with van der Waals surface area (Å²) in [4.78, 5) is 21.8. The van der Waals surface area contributed by atoms with E-state index >= 15 is 0 Å². The summed E-state index contributed by atoms with van der Waals surface area (Å²) < 4.78 is 26.8. The van der Waals surface area contributed by atoms with E-state index in [1.807, 2.05) is 0 Å². The Morgan fingerprint density at radius 2 is 1.90 bits per heavy atom. The number of thioether (sulfide) groups is 1. The highest BCUT2D eigenvalue weighted by molar-refractivity contribution is 8.00. The summed E-state index contributed by atoms with van der Waals surface area (Å²) in [6.45, 7) is 1.63. The van der Waals surface area contributed by atoms with E-state index in [1.165, 1.54) is 6.07 Å². The van der Waals surface area contributed by atoms with Gasteiger partial charge in [0, 0.05) is 11.6 Å². The summed E-state index contributed by atoms with van der Waals surface area (Å²) in [7, 11) is 0.